The number of carbonyl (C=O) groups excluding carboxylic acids is 1. The van der Waals surface area contributed by atoms with E-state index >= 15 is 0 Å². The number of ether oxygens (including phenoxy) is 1. The molecule has 1 amide bonds. The van der Waals surface area contributed by atoms with Crippen molar-refractivity contribution in [2.24, 2.45) is 0 Å². The smallest absolute Gasteiger partial charge is 0.410 e. The molecular formula is C12H22N2O6S2. The van der Waals surface area contributed by atoms with E-state index < -0.39 is 43.6 Å². The summed E-state index contributed by atoms with van der Waals surface area (Å²) in [7, 11) is -6.91. The topological polar surface area (TPSA) is 101 Å². The summed E-state index contributed by atoms with van der Waals surface area (Å²) < 4.78 is 54.0. The molecule has 2 rings (SSSR count). The molecule has 0 unspecified atom stereocenters. The number of fused-ring (bicyclic) bond motifs is 1. The molecule has 2 aliphatic rings. The Kier molecular flexibility index (Phi) is 4.25. The number of hydrogen-bond acceptors (Lipinski definition) is 6. The van der Waals surface area contributed by atoms with E-state index in [4.69, 9.17) is 4.74 Å². The van der Waals surface area contributed by atoms with Crippen molar-refractivity contribution in [2.75, 3.05) is 30.9 Å². The summed E-state index contributed by atoms with van der Waals surface area (Å²) in [5, 5.41) is 0. The third-order valence-electron chi connectivity index (χ3n) is 3.68. The Morgan fingerprint density at radius 3 is 2.18 bits per heavy atom. The third-order valence-corrected chi connectivity index (χ3v) is 6.68. The van der Waals surface area contributed by atoms with Crippen LogP contribution in [0.25, 0.3) is 0 Å². The number of nitrogens with zero attached hydrogens (tertiary/aromatic N) is 2. The average Bonchev–Trinajstić information content (AvgIpc) is 2.57. The molecule has 2 atom stereocenters. The minimum Gasteiger partial charge on any atom is -0.444 e. The summed E-state index contributed by atoms with van der Waals surface area (Å²) in [6.07, 6.45) is 0.450. The van der Waals surface area contributed by atoms with E-state index in [0.29, 0.717) is 0 Å². The minimum absolute atomic E-state index is 0.0781. The summed E-state index contributed by atoms with van der Waals surface area (Å²) in [5.74, 6) is -0.493. The van der Waals surface area contributed by atoms with Gasteiger partial charge in [-0.1, -0.05) is 0 Å². The quantitative estimate of drug-likeness (QED) is 0.639. The molecule has 0 aromatic heterocycles. The zero-order valence-electron chi connectivity index (χ0n) is 13.1. The molecule has 0 aromatic rings. The van der Waals surface area contributed by atoms with Gasteiger partial charge < -0.3 is 9.64 Å². The first-order valence-corrected chi connectivity index (χ1v) is 10.6. The number of amides is 1. The maximum atomic E-state index is 12.3. The third kappa shape index (κ3) is 3.72. The van der Waals surface area contributed by atoms with Crippen molar-refractivity contribution in [2.45, 2.75) is 38.5 Å². The van der Waals surface area contributed by atoms with Gasteiger partial charge in [0.05, 0.1) is 29.8 Å². The first kappa shape index (κ1) is 17.5. The molecule has 0 saturated carbocycles. The SMILES string of the molecule is CC(C)(C)OC(=O)N1CCN(S(C)(=O)=O)[C@H]2CS(=O)(=O)C[C@@H]21. The van der Waals surface area contributed by atoms with Crippen LogP contribution in [0.15, 0.2) is 0 Å². The van der Waals surface area contributed by atoms with Crippen LogP contribution in [-0.2, 0) is 24.6 Å². The molecule has 2 fully saturated rings. The van der Waals surface area contributed by atoms with Gasteiger partial charge in [0, 0.05) is 13.1 Å². The van der Waals surface area contributed by atoms with E-state index in [2.05, 4.69) is 0 Å². The van der Waals surface area contributed by atoms with Gasteiger partial charge in [0.1, 0.15) is 5.60 Å². The molecular weight excluding hydrogens is 332 g/mol. The van der Waals surface area contributed by atoms with Crippen molar-refractivity contribution >= 4 is 26.0 Å². The van der Waals surface area contributed by atoms with Crippen molar-refractivity contribution in [1.82, 2.24) is 9.21 Å². The minimum atomic E-state index is -3.52. The van der Waals surface area contributed by atoms with Gasteiger partial charge in [-0.05, 0) is 20.8 Å². The molecule has 128 valence electrons. The van der Waals surface area contributed by atoms with E-state index in [-0.39, 0.29) is 24.6 Å². The van der Waals surface area contributed by atoms with Crippen LogP contribution in [0, 0.1) is 0 Å². The van der Waals surface area contributed by atoms with E-state index in [1.807, 2.05) is 0 Å². The highest BCUT2D eigenvalue weighted by Crippen LogP contribution is 2.29. The van der Waals surface area contributed by atoms with E-state index in [9.17, 15) is 21.6 Å². The second-order valence-electron chi connectivity index (χ2n) is 6.76. The number of hydrogen-bond donors (Lipinski definition) is 0. The summed E-state index contributed by atoms with van der Waals surface area (Å²) >= 11 is 0. The lowest BCUT2D eigenvalue weighted by molar-refractivity contribution is 0.00274. The number of sulfone groups is 1. The Bertz CT molecular complexity index is 664. The van der Waals surface area contributed by atoms with Crippen LogP contribution < -0.4 is 0 Å². The molecule has 22 heavy (non-hydrogen) atoms. The van der Waals surface area contributed by atoms with Gasteiger partial charge in [0.15, 0.2) is 9.84 Å². The molecule has 0 bridgehead atoms. The standard InChI is InChI=1S/C12H22N2O6S2/c1-12(2,3)20-11(15)13-5-6-14(21(4,16)17)10-8-22(18,19)7-9(10)13/h9-10H,5-8H2,1-4H3/t9-,10-/m0/s1. The van der Waals surface area contributed by atoms with Crippen molar-refractivity contribution < 1.29 is 26.4 Å². The maximum absolute atomic E-state index is 12.3. The number of carbonyl (C=O) groups is 1. The fourth-order valence-corrected chi connectivity index (χ4v) is 6.08. The lowest BCUT2D eigenvalue weighted by atomic mass is 10.1. The molecule has 2 saturated heterocycles. The average molecular weight is 354 g/mol. The molecule has 0 N–H and O–H groups in total. The van der Waals surface area contributed by atoms with Crippen molar-refractivity contribution in [3.8, 4) is 0 Å². The Hall–Kier alpha value is -0.870. The first-order chi connectivity index (χ1) is 9.80. The zero-order chi connectivity index (χ0) is 16.9. The van der Waals surface area contributed by atoms with Gasteiger partial charge in [0.2, 0.25) is 10.0 Å². The van der Waals surface area contributed by atoms with Gasteiger partial charge in [-0.2, -0.15) is 4.31 Å². The molecule has 0 spiro atoms. The zero-order valence-corrected chi connectivity index (χ0v) is 14.8. The summed E-state index contributed by atoms with van der Waals surface area (Å²) in [4.78, 5) is 13.6. The number of piperazine rings is 1. The fraction of sp³-hybridized carbons (Fsp3) is 0.917. The highest BCUT2D eigenvalue weighted by molar-refractivity contribution is 7.92. The van der Waals surface area contributed by atoms with Crippen LogP contribution in [-0.4, -0.2) is 80.7 Å². The molecule has 2 heterocycles. The second kappa shape index (κ2) is 5.34. The Morgan fingerprint density at radius 2 is 1.68 bits per heavy atom. The normalized spacial score (nSPS) is 29.2. The Morgan fingerprint density at radius 1 is 1.14 bits per heavy atom. The van der Waals surface area contributed by atoms with E-state index in [0.717, 1.165) is 6.26 Å². The van der Waals surface area contributed by atoms with Crippen LogP contribution in [0.1, 0.15) is 20.8 Å². The second-order valence-corrected chi connectivity index (χ2v) is 10.8. The van der Waals surface area contributed by atoms with Gasteiger partial charge in [-0.3, -0.25) is 0 Å². The number of sulfonamides is 1. The molecule has 0 aliphatic carbocycles. The van der Waals surface area contributed by atoms with E-state index in [1.165, 1.54) is 9.21 Å². The summed E-state index contributed by atoms with van der Waals surface area (Å²) in [6, 6.07) is -1.43. The molecule has 0 aromatic carbocycles. The van der Waals surface area contributed by atoms with Crippen molar-refractivity contribution in [3.63, 3.8) is 0 Å². The van der Waals surface area contributed by atoms with Crippen LogP contribution >= 0.6 is 0 Å². The van der Waals surface area contributed by atoms with Crippen molar-refractivity contribution in [3.05, 3.63) is 0 Å². The largest absolute Gasteiger partial charge is 0.444 e. The predicted octanol–water partition coefficient (Wildman–Crippen LogP) is -0.336. The van der Waals surface area contributed by atoms with Crippen LogP contribution in [0.3, 0.4) is 0 Å². The van der Waals surface area contributed by atoms with Gasteiger partial charge >= 0.3 is 6.09 Å². The summed E-state index contributed by atoms with van der Waals surface area (Å²) in [6.45, 7) is 5.37. The number of rotatable bonds is 1. The van der Waals surface area contributed by atoms with Crippen LogP contribution in [0.2, 0.25) is 0 Å². The lowest BCUT2D eigenvalue weighted by Gasteiger charge is -2.42. The molecule has 2 aliphatic heterocycles. The summed E-state index contributed by atoms with van der Waals surface area (Å²) in [5.41, 5.74) is -0.696. The molecule has 10 heteroatoms. The molecule has 8 nitrogen and oxygen atoms in total. The van der Waals surface area contributed by atoms with Crippen LogP contribution in [0.4, 0.5) is 4.79 Å². The monoisotopic (exact) mass is 354 g/mol. The van der Waals surface area contributed by atoms with Gasteiger partial charge in [-0.25, -0.2) is 21.6 Å². The molecule has 0 radical (unpaired) electrons. The maximum Gasteiger partial charge on any atom is 0.410 e. The van der Waals surface area contributed by atoms with Gasteiger partial charge in [0.25, 0.3) is 0 Å². The van der Waals surface area contributed by atoms with Gasteiger partial charge in [-0.15, -0.1) is 0 Å². The van der Waals surface area contributed by atoms with Crippen LogP contribution in [0.5, 0.6) is 0 Å². The van der Waals surface area contributed by atoms with E-state index in [1.54, 1.807) is 20.8 Å². The highest BCUT2D eigenvalue weighted by Gasteiger charge is 2.51. The Labute approximate surface area is 131 Å². The first-order valence-electron chi connectivity index (χ1n) is 6.97. The lowest BCUT2D eigenvalue weighted by Crippen LogP contribution is -2.62. The highest BCUT2D eigenvalue weighted by atomic mass is 32.2. The van der Waals surface area contributed by atoms with Crippen molar-refractivity contribution in [1.29, 1.82) is 0 Å². The fourth-order valence-electron chi connectivity index (χ4n) is 2.88. The predicted molar refractivity (Wildman–Crippen MR) is 80.7 cm³/mol. The Balaban J connectivity index is 2.29.